The summed E-state index contributed by atoms with van der Waals surface area (Å²) < 4.78 is 28.2. The highest BCUT2D eigenvalue weighted by atomic mass is 19.1. The Hall–Kier alpha value is -3.02. The number of aryl methyl sites for hydroxylation is 1. The van der Waals surface area contributed by atoms with Gasteiger partial charge in [-0.25, -0.2) is 13.5 Å². The van der Waals surface area contributed by atoms with Crippen molar-refractivity contribution in [3.8, 4) is 5.69 Å². The van der Waals surface area contributed by atoms with Gasteiger partial charge in [0.25, 0.3) is 5.91 Å². The Morgan fingerprint density at radius 2 is 1.83 bits per heavy atom. The highest BCUT2D eigenvalue weighted by Gasteiger charge is 2.15. The van der Waals surface area contributed by atoms with Crippen LogP contribution in [0.1, 0.15) is 16.1 Å². The summed E-state index contributed by atoms with van der Waals surface area (Å²) >= 11 is 0. The fraction of sp³-hybridized carbons (Fsp3) is 0.0588. The standard InChI is InChI=1S/C17H13F2N3O/c1-11-9-16(21-22(11)13-5-3-2-4-6-13)20-17(23)14-8-7-12(18)10-15(14)19/h2-10H,1H3,(H,20,21,23). The van der Waals surface area contributed by atoms with Crippen molar-refractivity contribution in [2.45, 2.75) is 6.92 Å². The summed E-state index contributed by atoms with van der Waals surface area (Å²) in [5.74, 6) is -2.04. The lowest BCUT2D eigenvalue weighted by molar-refractivity contribution is 0.102. The fourth-order valence-corrected chi connectivity index (χ4v) is 2.22. The summed E-state index contributed by atoms with van der Waals surface area (Å²) in [6.45, 7) is 1.84. The van der Waals surface area contributed by atoms with Crippen molar-refractivity contribution in [2.75, 3.05) is 5.32 Å². The van der Waals surface area contributed by atoms with Crippen LogP contribution in [0.15, 0.2) is 54.6 Å². The third-order valence-corrected chi connectivity index (χ3v) is 3.31. The van der Waals surface area contributed by atoms with Gasteiger partial charge in [0, 0.05) is 17.8 Å². The SMILES string of the molecule is Cc1cc(NC(=O)c2ccc(F)cc2F)nn1-c1ccccc1. The number of rotatable bonds is 3. The number of benzene rings is 2. The maximum Gasteiger partial charge on any atom is 0.259 e. The first-order valence-corrected chi connectivity index (χ1v) is 6.93. The van der Waals surface area contributed by atoms with Crippen molar-refractivity contribution in [1.29, 1.82) is 0 Å². The summed E-state index contributed by atoms with van der Waals surface area (Å²) in [4.78, 5) is 12.1. The second-order valence-corrected chi connectivity index (χ2v) is 5.00. The predicted molar refractivity (Wildman–Crippen MR) is 82.6 cm³/mol. The first-order valence-electron chi connectivity index (χ1n) is 6.93. The maximum atomic E-state index is 13.6. The Kier molecular flexibility index (Phi) is 3.89. The fourth-order valence-electron chi connectivity index (χ4n) is 2.22. The number of nitrogens with one attached hydrogen (secondary N) is 1. The molecule has 0 aliphatic carbocycles. The number of hydrogen-bond donors (Lipinski definition) is 1. The third-order valence-electron chi connectivity index (χ3n) is 3.31. The molecule has 2 aromatic carbocycles. The van der Waals surface area contributed by atoms with Crippen LogP contribution in [0.5, 0.6) is 0 Å². The summed E-state index contributed by atoms with van der Waals surface area (Å²) in [5, 5.41) is 6.80. The molecule has 4 nitrogen and oxygen atoms in total. The van der Waals surface area contributed by atoms with Gasteiger partial charge >= 0.3 is 0 Å². The minimum absolute atomic E-state index is 0.238. The summed E-state index contributed by atoms with van der Waals surface area (Å²) in [6, 6.07) is 13.9. The minimum atomic E-state index is -0.915. The first kappa shape index (κ1) is 14.9. The highest BCUT2D eigenvalue weighted by molar-refractivity contribution is 6.03. The van der Waals surface area contributed by atoms with Gasteiger partial charge in [0.1, 0.15) is 11.6 Å². The van der Waals surface area contributed by atoms with Gasteiger partial charge in [-0.05, 0) is 31.2 Å². The molecule has 1 amide bonds. The van der Waals surface area contributed by atoms with E-state index >= 15 is 0 Å². The summed E-state index contributed by atoms with van der Waals surface area (Å²) in [7, 11) is 0. The van der Waals surface area contributed by atoms with E-state index in [2.05, 4.69) is 10.4 Å². The zero-order chi connectivity index (χ0) is 16.4. The summed E-state index contributed by atoms with van der Waals surface area (Å²) in [5.41, 5.74) is 1.42. The van der Waals surface area contributed by atoms with Crippen LogP contribution in [-0.4, -0.2) is 15.7 Å². The zero-order valence-electron chi connectivity index (χ0n) is 12.3. The molecule has 0 fully saturated rings. The molecule has 116 valence electrons. The van der Waals surface area contributed by atoms with Gasteiger partial charge in [-0.1, -0.05) is 18.2 Å². The van der Waals surface area contributed by atoms with Crippen molar-refractivity contribution in [2.24, 2.45) is 0 Å². The molecule has 0 spiro atoms. The van der Waals surface area contributed by atoms with Gasteiger partial charge in [-0.2, -0.15) is 0 Å². The molecule has 0 unspecified atom stereocenters. The van der Waals surface area contributed by atoms with Gasteiger partial charge in [0.2, 0.25) is 0 Å². The van der Waals surface area contributed by atoms with E-state index in [0.717, 1.165) is 23.5 Å². The van der Waals surface area contributed by atoms with Crippen LogP contribution in [0, 0.1) is 18.6 Å². The molecule has 3 rings (SSSR count). The van der Waals surface area contributed by atoms with Gasteiger partial charge in [0.05, 0.1) is 11.3 Å². The molecule has 0 aliphatic heterocycles. The van der Waals surface area contributed by atoms with E-state index in [1.807, 2.05) is 37.3 Å². The second-order valence-electron chi connectivity index (χ2n) is 5.00. The first-order chi connectivity index (χ1) is 11.0. The molecule has 23 heavy (non-hydrogen) atoms. The molecule has 6 heteroatoms. The predicted octanol–water partition coefficient (Wildman–Crippen LogP) is 3.71. The number of hydrogen-bond acceptors (Lipinski definition) is 2. The van der Waals surface area contributed by atoms with Crippen LogP contribution in [-0.2, 0) is 0 Å². The largest absolute Gasteiger partial charge is 0.305 e. The highest BCUT2D eigenvalue weighted by Crippen LogP contribution is 2.16. The molecule has 3 aromatic rings. The van der Waals surface area contributed by atoms with Crippen LogP contribution < -0.4 is 5.32 Å². The van der Waals surface area contributed by atoms with Crippen molar-refractivity contribution in [3.63, 3.8) is 0 Å². The number of aromatic nitrogens is 2. The van der Waals surface area contributed by atoms with Crippen molar-refractivity contribution in [3.05, 3.63) is 77.5 Å². The maximum absolute atomic E-state index is 13.6. The average Bonchev–Trinajstić information content (AvgIpc) is 2.88. The minimum Gasteiger partial charge on any atom is -0.305 e. The van der Waals surface area contributed by atoms with Crippen LogP contribution in [0.4, 0.5) is 14.6 Å². The van der Waals surface area contributed by atoms with Crippen molar-refractivity contribution >= 4 is 11.7 Å². The summed E-state index contributed by atoms with van der Waals surface area (Å²) in [6.07, 6.45) is 0. The Bertz CT molecular complexity index is 860. The van der Waals surface area contributed by atoms with Crippen LogP contribution >= 0.6 is 0 Å². The number of halogens is 2. The Morgan fingerprint density at radius 3 is 2.52 bits per heavy atom. The molecule has 1 heterocycles. The Morgan fingerprint density at radius 1 is 1.09 bits per heavy atom. The van der Waals surface area contributed by atoms with Gasteiger partial charge in [-0.3, -0.25) is 4.79 Å². The molecule has 1 aromatic heterocycles. The molecule has 0 radical (unpaired) electrons. The zero-order valence-corrected chi connectivity index (χ0v) is 12.3. The quantitative estimate of drug-likeness (QED) is 0.801. The lowest BCUT2D eigenvalue weighted by atomic mass is 10.2. The monoisotopic (exact) mass is 313 g/mol. The molecule has 1 N–H and O–H groups in total. The van der Waals surface area contributed by atoms with Crippen LogP contribution in [0.2, 0.25) is 0 Å². The van der Waals surface area contributed by atoms with E-state index in [0.29, 0.717) is 11.9 Å². The number of carbonyl (C=O) groups is 1. The molecule has 0 saturated carbocycles. The van der Waals surface area contributed by atoms with Crippen molar-refractivity contribution < 1.29 is 13.6 Å². The van der Waals surface area contributed by atoms with E-state index in [4.69, 9.17) is 0 Å². The number of anilines is 1. The average molecular weight is 313 g/mol. The van der Waals surface area contributed by atoms with Crippen LogP contribution in [0.3, 0.4) is 0 Å². The van der Waals surface area contributed by atoms with E-state index in [-0.39, 0.29) is 5.56 Å². The molecule has 0 bridgehead atoms. The smallest absolute Gasteiger partial charge is 0.259 e. The molecular formula is C17H13F2N3O. The van der Waals surface area contributed by atoms with Crippen molar-refractivity contribution in [1.82, 2.24) is 9.78 Å². The Labute approximate surface area is 131 Å². The number of carbonyl (C=O) groups excluding carboxylic acids is 1. The van der Waals surface area contributed by atoms with Gasteiger partial charge in [0.15, 0.2) is 5.82 Å². The van der Waals surface area contributed by atoms with E-state index in [1.165, 1.54) is 0 Å². The van der Waals surface area contributed by atoms with Gasteiger partial charge in [-0.15, -0.1) is 5.10 Å². The third kappa shape index (κ3) is 3.11. The Balaban J connectivity index is 1.85. The lowest BCUT2D eigenvalue weighted by Gasteiger charge is -2.04. The molecule has 0 aliphatic rings. The van der Waals surface area contributed by atoms with Gasteiger partial charge < -0.3 is 5.32 Å². The number of para-hydroxylation sites is 1. The van der Waals surface area contributed by atoms with E-state index < -0.39 is 17.5 Å². The van der Waals surface area contributed by atoms with Crippen LogP contribution in [0.25, 0.3) is 5.69 Å². The molecule has 0 saturated heterocycles. The molecular weight excluding hydrogens is 300 g/mol. The number of amides is 1. The molecule has 0 atom stereocenters. The van der Waals surface area contributed by atoms with E-state index in [9.17, 15) is 13.6 Å². The topological polar surface area (TPSA) is 46.9 Å². The van der Waals surface area contributed by atoms with E-state index in [1.54, 1.807) is 10.7 Å². The number of nitrogens with zero attached hydrogens (tertiary/aromatic N) is 2. The lowest BCUT2D eigenvalue weighted by Crippen LogP contribution is -2.14. The normalized spacial score (nSPS) is 10.6. The second kappa shape index (κ2) is 6.00.